The van der Waals surface area contributed by atoms with Gasteiger partial charge in [-0.2, -0.15) is 0 Å². The molecule has 1 unspecified atom stereocenters. The third kappa shape index (κ3) is 2.70. The van der Waals surface area contributed by atoms with Crippen molar-refractivity contribution in [1.29, 1.82) is 0 Å². The summed E-state index contributed by atoms with van der Waals surface area (Å²) in [5.41, 5.74) is 3.31. The molecule has 0 amide bonds. The Hall–Kier alpha value is -1.28. The average molecular weight is 232 g/mol. The van der Waals surface area contributed by atoms with E-state index in [2.05, 4.69) is 13.5 Å². The zero-order valence-corrected chi connectivity index (χ0v) is 10.4. The molecule has 0 spiro atoms. The molecule has 0 heterocycles. The van der Waals surface area contributed by atoms with E-state index in [0.29, 0.717) is 6.61 Å². The highest BCUT2D eigenvalue weighted by molar-refractivity contribution is 5.43. The molecule has 1 aliphatic rings. The van der Waals surface area contributed by atoms with Crippen molar-refractivity contribution in [1.82, 2.24) is 0 Å². The minimum atomic E-state index is -0.323. The van der Waals surface area contributed by atoms with Gasteiger partial charge in [0.15, 0.2) is 0 Å². The fourth-order valence-electron chi connectivity index (χ4n) is 2.21. The monoisotopic (exact) mass is 232 g/mol. The van der Waals surface area contributed by atoms with Crippen LogP contribution < -0.4 is 4.74 Å². The van der Waals surface area contributed by atoms with Gasteiger partial charge in [-0.25, -0.2) is 0 Å². The van der Waals surface area contributed by atoms with E-state index in [1.807, 2.05) is 18.2 Å². The normalized spacial score (nSPS) is 18.6. The summed E-state index contributed by atoms with van der Waals surface area (Å²) in [6.45, 7) is 6.59. The summed E-state index contributed by atoms with van der Waals surface area (Å²) in [5, 5.41) is 9.94. The molecule has 0 bridgehead atoms. The molecule has 1 atom stereocenters. The van der Waals surface area contributed by atoms with Crippen molar-refractivity contribution >= 4 is 0 Å². The molecular formula is C15H20O2. The Morgan fingerprint density at radius 1 is 1.53 bits per heavy atom. The third-order valence-electron chi connectivity index (χ3n) is 3.36. The predicted molar refractivity (Wildman–Crippen MR) is 69.3 cm³/mol. The molecule has 1 aromatic carbocycles. The maximum atomic E-state index is 9.94. The minimum absolute atomic E-state index is 0.323. The van der Waals surface area contributed by atoms with Crippen LogP contribution in [-0.4, -0.2) is 11.7 Å². The maximum absolute atomic E-state index is 9.94. The molecule has 2 heteroatoms. The number of rotatable bonds is 4. The zero-order chi connectivity index (χ0) is 12.3. The maximum Gasteiger partial charge on any atom is 0.123 e. The van der Waals surface area contributed by atoms with E-state index in [-0.39, 0.29) is 6.10 Å². The molecule has 0 aromatic heterocycles. The first-order valence-corrected chi connectivity index (χ1v) is 6.31. The van der Waals surface area contributed by atoms with Gasteiger partial charge in [0.25, 0.3) is 0 Å². The van der Waals surface area contributed by atoms with E-state index in [9.17, 15) is 5.11 Å². The van der Waals surface area contributed by atoms with Crippen LogP contribution in [0.3, 0.4) is 0 Å². The van der Waals surface area contributed by atoms with Crippen molar-refractivity contribution in [2.75, 3.05) is 6.61 Å². The second kappa shape index (κ2) is 5.37. The van der Waals surface area contributed by atoms with Gasteiger partial charge in [0.2, 0.25) is 0 Å². The Balaban J connectivity index is 2.17. The summed E-state index contributed by atoms with van der Waals surface area (Å²) >= 11 is 0. The lowest BCUT2D eigenvalue weighted by atomic mass is 9.89. The van der Waals surface area contributed by atoms with Crippen LogP contribution in [0.15, 0.2) is 30.4 Å². The van der Waals surface area contributed by atoms with Gasteiger partial charge in [-0.3, -0.25) is 0 Å². The number of aliphatic hydroxyl groups is 1. The van der Waals surface area contributed by atoms with Crippen LogP contribution in [0.1, 0.15) is 43.4 Å². The molecule has 92 valence electrons. The molecule has 17 heavy (non-hydrogen) atoms. The Bertz CT molecular complexity index is 409. The average Bonchev–Trinajstić information content (AvgIpc) is 2.36. The second-order valence-electron chi connectivity index (χ2n) is 4.62. The molecule has 1 N–H and O–H groups in total. The first-order valence-electron chi connectivity index (χ1n) is 6.31. The first-order chi connectivity index (χ1) is 8.22. The minimum Gasteiger partial charge on any atom is -0.489 e. The van der Waals surface area contributed by atoms with Gasteiger partial charge in [0.05, 0.1) is 6.10 Å². The Kier molecular flexibility index (Phi) is 3.85. The molecule has 2 rings (SSSR count). The first kappa shape index (κ1) is 12.2. The summed E-state index contributed by atoms with van der Waals surface area (Å²) in [6.07, 6.45) is 3.51. The van der Waals surface area contributed by atoms with Crippen molar-refractivity contribution in [3.63, 3.8) is 0 Å². The number of hydrogen-bond donors (Lipinski definition) is 1. The number of fused-ring (bicyclic) bond motifs is 1. The van der Waals surface area contributed by atoms with Gasteiger partial charge >= 0.3 is 0 Å². The number of benzene rings is 1. The van der Waals surface area contributed by atoms with Gasteiger partial charge in [0, 0.05) is 0 Å². The van der Waals surface area contributed by atoms with Crippen molar-refractivity contribution < 1.29 is 9.84 Å². The summed E-state index contributed by atoms with van der Waals surface area (Å²) in [6, 6.07) is 5.94. The smallest absolute Gasteiger partial charge is 0.123 e. The third-order valence-corrected chi connectivity index (χ3v) is 3.36. The van der Waals surface area contributed by atoms with E-state index in [4.69, 9.17) is 4.74 Å². The van der Waals surface area contributed by atoms with E-state index >= 15 is 0 Å². The number of hydrogen-bond acceptors (Lipinski definition) is 2. The number of aliphatic hydroxyl groups excluding tert-OH is 1. The fraction of sp³-hybridized carbons (Fsp3) is 0.467. The summed E-state index contributed by atoms with van der Waals surface area (Å²) in [4.78, 5) is 0. The standard InChI is InChI=1S/C15H20O2/c1-3-11(2)10-17-15-9-5-6-12-13(15)7-4-8-14(12)16/h5-6,9,14,16H,2-4,7-8,10H2,1H3. The quantitative estimate of drug-likeness (QED) is 0.806. The highest BCUT2D eigenvalue weighted by Crippen LogP contribution is 2.35. The Morgan fingerprint density at radius 2 is 2.35 bits per heavy atom. The van der Waals surface area contributed by atoms with Crippen LogP contribution in [0.5, 0.6) is 5.75 Å². The molecule has 0 aliphatic heterocycles. The van der Waals surface area contributed by atoms with E-state index < -0.39 is 0 Å². The largest absolute Gasteiger partial charge is 0.489 e. The molecular weight excluding hydrogens is 212 g/mol. The van der Waals surface area contributed by atoms with Gasteiger partial charge in [-0.15, -0.1) is 0 Å². The Morgan fingerprint density at radius 3 is 3.12 bits per heavy atom. The lowest BCUT2D eigenvalue weighted by Crippen LogP contribution is -2.11. The molecule has 2 nitrogen and oxygen atoms in total. The van der Waals surface area contributed by atoms with Gasteiger partial charge < -0.3 is 9.84 Å². The molecule has 0 saturated heterocycles. The van der Waals surface area contributed by atoms with Crippen LogP contribution >= 0.6 is 0 Å². The van der Waals surface area contributed by atoms with E-state index in [0.717, 1.165) is 42.6 Å². The summed E-state index contributed by atoms with van der Waals surface area (Å²) in [7, 11) is 0. The zero-order valence-electron chi connectivity index (χ0n) is 10.4. The summed E-state index contributed by atoms with van der Waals surface area (Å²) in [5.74, 6) is 0.913. The molecule has 0 fully saturated rings. The van der Waals surface area contributed by atoms with Crippen LogP contribution in [0, 0.1) is 0 Å². The van der Waals surface area contributed by atoms with Gasteiger partial charge in [-0.1, -0.05) is 25.6 Å². The Labute approximate surface area is 103 Å². The van der Waals surface area contributed by atoms with Crippen molar-refractivity contribution in [2.45, 2.75) is 38.7 Å². The fourth-order valence-corrected chi connectivity index (χ4v) is 2.21. The molecule has 0 radical (unpaired) electrons. The van der Waals surface area contributed by atoms with Gasteiger partial charge in [-0.05, 0) is 48.4 Å². The highest BCUT2D eigenvalue weighted by Gasteiger charge is 2.20. The molecule has 0 saturated carbocycles. The predicted octanol–water partition coefficient (Wildman–Crippen LogP) is 3.40. The lowest BCUT2D eigenvalue weighted by molar-refractivity contribution is 0.155. The van der Waals surface area contributed by atoms with Crippen LogP contribution in [-0.2, 0) is 6.42 Å². The molecule has 1 aromatic rings. The highest BCUT2D eigenvalue weighted by atomic mass is 16.5. The van der Waals surface area contributed by atoms with Crippen molar-refractivity contribution in [3.8, 4) is 5.75 Å². The SMILES string of the molecule is C=C(CC)COc1cccc2c1CCCC2O. The van der Waals surface area contributed by atoms with E-state index in [1.54, 1.807) is 0 Å². The van der Waals surface area contributed by atoms with Crippen molar-refractivity contribution in [3.05, 3.63) is 41.5 Å². The van der Waals surface area contributed by atoms with Gasteiger partial charge in [0.1, 0.15) is 12.4 Å². The van der Waals surface area contributed by atoms with Crippen LogP contribution in [0.2, 0.25) is 0 Å². The van der Waals surface area contributed by atoms with Crippen LogP contribution in [0.25, 0.3) is 0 Å². The van der Waals surface area contributed by atoms with Crippen LogP contribution in [0.4, 0.5) is 0 Å². The second-order valence-corrected chi connectivity index (χ2v) is 4.62. The summed E-state index contributed by atoms with van der Waals surface area (Å²) < 4.78 is 5.79. The molecule has 1 aliphatic carbocycles. The number of ether oxygens (including phenoxy) is 1. The lowest BCUT2D eigenvalue weighted by Gasteiger charge is -2.23. The van der Waals surface area contributed by atoms with Crippen molar-refractivity contribution in [2.24, 2.45) is 0 Å². The topological polar surface area (TPSA) is 29.5 Å². The van der Waals surface area contributed by atoms with E-state index in [1.165, 1.54) is 5.56 Å².